The van der Waals surface area contributed by atoms with Gasteiger partial charge in [0.05, 0.1) is 4.92 Å². The maximum absolute atomic E-state index is 12.5. The van der Waals surface area contributed by atoms with Crippen molar-refractivity contribution in [2.24, 2.45) is 5.92 Å². The monoisotopic (exact) mass is 330 g/mol. The molecule has 0 unspecified atom stereocenters. The van der Waals surface area contributed by atoms with E-state index < -0.39 is 43.5 Å². The molecule has 0 spiro atoms. The molecule has 1 rings (SSSR count). The highest BCUT2D eigenvalue weighted by atomic mass is 32.2. The van der Waals surface area contributed by atoms with Crippen molar-refractivity contribution in [3.8, 4) is 0 Å². The Kier molecular flexibility index (Phi) is 5.26. The molecule has 0 aliphatic heterocycles. The summed E-state index contributed by atoms with van der Waals surface area (Å²) in [6.45, 7) is 6.15. The van der Waals surface area contributed by atoms with E-state index in [1.54, 1.807) is 20.8 Å². The summed E-state index contributed by atoms with van der Waals surface area (Å²) in [6, 6.07) is 1.18. The highest BCUT2D eigenvalue weighted by Crippen LogP contribution is 2.29. The first-order valence-electron chi connectivity index (χ1n) is 6.48. The number of sulfonamides is 1. The largest absolute Gasteiger partial charge is 0.480 e. The molecule has 1 atom stereocenters. The summed E-state index contributed by atoms with van der Waals surface area (Å²) in [6.07, 6.45) is 0. The van der Waals surface area contributed by atoms with Crippen LogP contribution in [0.15, 0.2) is 17.0 Å². The molecule has 8 nitrogen and oxygen atoms in total. The predicted octanol–water partition coefficient (Wildman–Crippen LogP) is 1.60. The number of nitrogens with one attached hydrogen (secondary N) is 1. The van der Waals surface area contributed by atoms with E-state index in [9.17, 15) is 23.3 Å². The predicted molar refractivity (Wildman–Crippen MR) is 79.2 cm³/mol. The number of nitro benzene ring substituents is 1. The Labute approximate surface area is 128 Å². The molecule has 1 aromatic carbocycles. The summed E-state index contributed by atoms with van der Waals surface area (Å²) in [5.74, 6) is -1.86. The van der Waals surface area contributed by atoms with Crippen LogP contribution in [0, 0.1) is 29.9 Å². The Morgan fingerprint density at radius 3 is 2.27 bits per heavy atom. The number of nitro groups is 1. The van der Waals surface area contributed by atoms with E-state index >= 15 is 0 Å². The zero-order valence-corrected chi connectivity index (χ0v) is 13.5. The first kappa shape index (κ1) is 18.1. The van der Waals surface area contributed by atoms with Gasteiger partial charge in [-0.05, 0) is 30.9 Å². The number of carbonyl (C=O) groups is 1. The third-order valence-electron chi connectivity index (χ3n) is 3.34. The van der Waals surface area contributed by atoms with E-state index in [0.29, 0.717) is 5.56 Å². The SMILES string of the molecule is Cc1ccc([N+](=O)[O-])c(S(=O)(=O)N[C@@H](C(=O)O)C(C)C)c1C. The van der Waals surface area contributed by atoms with Crippen molar-refractivity contribution in [3.63, 3.8) is 0 Å². The molecular weight excluding hydrogens is 312 g/mol. The molecule has 0 saturated carbocycles. The van der Waals surface area contributed by atoms with Gasteiger partial charge in [0.15, 0.2) is 4.90 Å². The molecule has 0 aliphatic rings. The van der Waals surface area contributed by atoms with Crippen molar-refractivity contribution in [1.82, 2.24) is 4.72 Å². The van der Waals surface area contributed by atoms with E-state index in [4.69, 9.17) is 5.11 Å². The maximum atomic E-state index is 12.5. The molecule has 0 aliphatic carbocycles. The molecule has 1 aromatic rings. The lowest BCUT2D eigenvalue weighted by Gasteiger charge is -2.19. The Morgan fingerprint density at radius 1 is 1.32 bits per heavy atom. The minimum Gasteiger partial charge on any atom is -0.480 e. The smallest absolute Gasteiger partial charge is 0.322 e. The Balaban J connectivity index is 3.49. The summed E-state index contributed by atoms with van der Waals surface area (Å²) >= 11 is 0. The second kappa shape index (κ2) is 6.41. The Morgan fingerprint density at radius 2 is 1.86 bits per heavy atom. The lowest BCUT2D eigenvalue weighted by Crippen LogP contribution is -2.44. The van der Waals surface area contributed by atoms with Crippen LogP contribution in [0.3, 0.4) is 0 Å². The second-order valence-corrected chi connectivity index (χ2v) is 6.94. The molecule has 0 heterocycles. The first-order chi connectivity index (χ1) is 9.99. The van der Waals surface area contributed by atoms with Crippen LogP contribution < -0.4 is 4.72 Å². The number of hydrogen-bond donors (Lipinski definition) is 2. The molecule has 9 heteroatoms. The van der Waals surface area contributed by atoms with Gasteiger partial charge in [-0.2, -0.15) is 4.72 Å². The molecule has 0 bridgehead atoms. The van der Waals surface area contributed by atoms with Crippen LogP contribution in [-0.2, 0) is 14.8 Å². The number of carboxylic acid groups (broad SMARTS) is 1. The van der Waals surface area contributed by atoms with E-state index in [1.807, 2.05) is 4.72 Å². The molecular formula is C13H18N2O6S. The molecule has 0 fully saturated rings. The van der Waals surface area contributed by atoms with Crippen LogP contribution in [-0.4, -0.2) is 30.5 Å². The van der Waals surface area contributed by atoms with Crippen LogP contribution in [0.2, 0.25) is 0 Å². The quantitative estimate of drug-likeness (QED) is 0.602. The van der Waals surface area contributed by atoms with Gasteiger partial charge in [0.25, 0.3) is 5.69 Å². The highest BCUT2D eigenvalue weighted by molar-refractivity contribution is 7.89. The van der Waals surface area contributed by atoms with Crippen LogP contribution in [0.1, 0.15) is 25.0 Å². The molecule has 0 saturated heterocycles. The van der Waals surface area contributed by atoms with Gasteiger partial charge in [0, 0.05) is 6.07 Å². The van der Waals surface area contributed by atoms with Gasteiger partial charge in [-0.1, -0.05) is 19.9 Å². The van der Waals surface area contributed by atoms with Crippen LogP contribution in [0.5, 0.6) is 0 Å². The van der Waals surface area contributed by atoms with Crippen LogP contribution >= 0.6 is 0 Å². The Hall–Kier alpha value is -2.00. The van der Waals surface area contributed by atoms with E-state index in [0.717, 1.165) is 6.07 Å². The van der Waals surface area contributed by atoms with E-state index in [1.165, 1.54) is 13.0 Å². The highest BCUT2D eigenvalue weighted by Gasteiger charge is 2.34. The third-order valence-corrected chi connectivity index (χ3v) is 4.95. The van der Waals surface area contributed by atoms with Gasteiger partial charge < -0.3 is 5.11 Å². The number of rotatable bonds is 6. The fourth-order valence-electron chi connectivity index (χ4n) is 1.96. The van der Waals surface area contributed by atoms with Crippen molar-refractivity contribution in [1.29, 1.82) is 0 Å². The fraction of sp³-hybridized carbons (Fsp3) is 0.462. The minimum atomic E-state index is -4.35. The summed E-state index contributed by atoms with van der Waals surface area (Å²) in [5, 5.41) is 20.2. The van der Waals surface area contributed by atoms with Crippen LogP contribution in [0.4, 0.5) is 5.69 Å². The number of carboxylic acids is 1. The van der Waals surface area contributed by atoms with Gasteiger partial charge in [0.1, 0.15) is 6.04 Å². The lowest BCUT2D eigenvalue weighted by molar-refractivity contribution is -0.387. The van der Waals surface area contributed by atoms with Gasteiger partial charge in [-0.15, -0.1) is 0 Å². The van der Waals surface area contributed by atoms with Crippen molar-refractivity contribution in [2.75, 3.05) is 0 Å². The number of aliphatic carboxylic acids is 1. The van der Waals surface area contributed by atoms with Gasteiger partial charge in [0.2, 0.25) is 10.0 Å². The van der Waals surface area contributed by atoms with Crippen molar-refractivity contribution in [2.45, 2.75) is 38.6 Å². The zero-order chi connectivity index (χ0) is 17.2. The molecule has 22 heavy (non-hydrogen) atoms. The molecule has 0 aromatic heterocycles. The van der Waals surface area contributed by atoms with E-state index in [-0.39, 0.29) is 5.56 Å². The summed E-state index contributed by atoms with van der Waals surface area (Å²) in [5.41, 5.74) is 0.195. The number of hydrogen-bond acceptors (Lipinski definition) is 5. The first-order valence-corrected chi connectivity index (χ1v) is 7.97. The maximum Gasteiger partial charge on any atom is 0.322 e. The molecule has 2 N–H and O–H groups in total. The summed E-state index contributed by atoms with van der Waals surface area (Å²) < 4.78 is 27.0. The van der Waals surface area contributed by atoms with Crippen molar-refractivity contribution >= 4 is 21.7 Å². The number of aryl methyl sites for hydroxylation is 1. The normalized spacial score (nSPS) is 13.1. The number of nitrogens with zero attached hydrogens (tertiary/aromatic N) is 1. The van der Waals surface area contributed by atoms with E-state index in [2.05, 4.69) is 0 Å². The van der Waals surface area contributed by atoms with Crippen molar-refractivity contribution in [3.05, 3.63) is 33.4 Å². The van der Waals surface area contributed by atoms with Gasteiger partial charge in [-0.25, -0.2) is 8.42 Å². The average Bonchev–Trinajstić information content (AvgIpc) is 2.37. The lowest BCUT2D eigenvalue weighted by atomic mass is 10.1. The van der Waals surface area contributed by atoms with Crippen molar-refractivity contribution < 1.29 is 23.2 Å². The topological polar surface area (TPSA) is 127 Å². The third kappa shape index (κ3) is 3.60. The molecule has 0 radical (unpaired) electrons. The van der Waals surface area contributed by atoms with Gasteiger partial charge >= 0.3 is 5.97 Å². The fourth-order valence-corrected chi connectivity index (χ4v) is 3.76. The van der Waals surface area contributed by atoms with Crippen LogP contribution in [0.25, 0.3) is 0 Å². The number of benzene rings is 1. The molecule has 122 valence electrons. The van der Waals surface area contributed by atoms with Gasteiger partial charge in [-0.3, -0.25) is 14.9 Å². The second-order valence-electron chi connectivity index (χ2n) is 5.29. The summed E-state index contributed by atoms with van der Waals surface area (Å²) in [7, 11) is -4.35. The zero-order valence-electron chi connectivity index (χ0n) is 12.7. The summed E-state index contributed by atoms with van der Waals surface area (Å²) in [4.78, 5) is 20.9. The Bertz CT molecular complexity index is 711. The standard InChI is InChI=1S/C13H18N2O6S/c1-7(2)11(13(16)17)14-22(20,21)12-9(4)8(3)5-6-10(12)15(18)19/h5-7,11,14H,1-4H3,(H,16,17)/t11-/m1/s1. The average molecular weight is 330 g/mol. The molecule has 0 amide bonds. The minimum absolute atomic E-state index is 0.217.